The van der Waals surface area contributed by atoms with E-state index in [1.54, 1.807) is 0 Å². The van der Waals surface area contributed by atoms with E-state index in [9.17, 15) is 0 Å². The molecule has 5 heteroatoms. The van der Waals surface area contributed by atoms with Gasteiger partial charge >= 0.3 is 0 Å². The zero-order valence-electron chi connectivity index (χ0n) is 19.3. The zero-order chi connectivity index (χ0) is 19.9. The van der Waals surface area contributed by atoms with Crippen LogP contribution in [0.1, 0.15) is 86.5 Å². The molecule has 0 aliphatic carbocycles. The molecule has 0 aromatic rings. The van der Waals surface area contributed by atoms with Gasteiger partial charge in [0, 0.05) is 10.2 Å². The van der Waals surface area contributed by atoms with Crippen LogP contribution in [0.15, 0.2) is 0 Å². The van der Waals surface area contributed by atoms with Crippen LogP contribution in [0.25, 0.3) is 0 Å². The molecule has 0 heterocycles. The van der Waals surface area contributed by atoms with Crippen LogP contribution in [0.4, 0.5) is 0 Å². The first-order valence-electron chi connectivity index (χ1n) is 11.9. The normalized spacial score (nSPS) is 13.0. The third-order valence-corrected chi connectivity index (χ3v) is 16.1. The summed E-state index contributed by atoms with van der Waals surface area (Å²) >= 11 is 0. The van der Waals surface area contributed by atoms with E-state index in [0.717, 1.165) is 6.42 Å². The molecule has 0 spiro atoms. The van der Waals surface area contributed by atoms with Gasteiger partial charge in [0.2, 0.25) is 0 Å². The predicted octanol–water partition coefficient (Wildman–Crippen LogP) is 6.87. The van der Waals surface area contributed by atoms with Crippen molar-refractivity contribution in [3.8, 4) is 0 Å². The van der Waals surface area contributed by atoms with Gasteiger partial charge in [-0.15, -0.1) is 0 Å². The molecule has 2 nitrogen and oxygen atoms in total. The highest BCUT2D eigenvalue weighted by atomic mass is 28.4. The lowest BCUT2D eigenvalue weighted by Crippen LogP contribution is -2.48. The average Bonchev–Trinajstić information content (AvgIpc) is 2.56. The second-order valence-electron chi connectivity index (χ2n) is 8.32. The molecule has 0 aliphatic rings. The highest BCUT2D eigenvalue weighted by Gasteiger charge is 2.39. The Morgan fingerprint density at radius 1 is 0.577 bits per heavy atom. The van der Waals surface area contributed by atoms with E-state index in [-0.39, 0.29) is 6.29 Å². The summed E-state index contributed by atoms with van der Waals surface area (Å²) in [5.74, 6) is 0. The Balaban J connectivity index is 5.47. The summed E-state index contributed by atoms with van der Waals surface area (Å²) in [5.41, 5.74) is 0. The minimum absolute atomic E-state index is 0.111. The number of hydrogen-bond acceptors (Lipinski definition) is 2. The van der Waals surface area contributed by atoms with E-state index in [0.29, 0.717) is 0 Å². The average molecular weight is 419 g/mol. The molecule has 0 rings (SSSR count). The summed E-state index contributed by atoms with van der Waals surface area (Å²) in [4.78, 5) is 0. The van der Waals surface area contributed by atoms with Crippen LogP contribution in [-0.4, -0.2) is 33.2 Å². The lowest BCUT2D eigenvalue weighted by atomic mass is 10.5. The van der Waals surface area contributed by atoms with Gasteiger partial charge in [0.05, 0.1) is 0 Å². The minimum Gasteiger partial charge on any atom is -0.393 e. The van der Waals surface area contributed by atoms with Crippen LogP contribution in [0.2, 0.25) is 42.3 Å². The molecule has 0 atom stereocenters. The Morgan fingerprint density at radius 3 is 1.04 bits per heavy atom. The summed E-state index contributed by atoms with van der Waals surface area (Å²) in [7, 11) is -2.05. The third-order valence-electron chi connectivity index (χ3n) is 5.52. The molecule has 0 saturated carbocycles. The van der Waals surface area contributed by atoms with Crippen molar-refractivity contribution in [2.45, 2.75) is 135 Å². The Bertz CT molecular complexity index is 264. The van der Waals surface area contributed by atoms with Crippen molar-refractivity contribution >= 4 is 26.9 Å². The molecule has 158 valence electrons. The molecule has 0 unspecified atom stereocenters. The maximum Gasteiger partial charge on any atom is 0.196 e. The van der Waals surface area contributed by atoms with Crippen LogP contribution in [0.3, 0.4) is 0 Å². The second-order valence-corrected chi connectivity index (χ2v) is 17.5. The van der Waals surface area contributed by atoms with Gasteiger partial charge in [0.1, 0.15) is 6.29 Å². The highest BCUT2D eigenvalue weighted by molar-refractivity contribution is 6.75. The maximum atomic E-state index is 7.07. The Labute approximate surface area is 170 Å². The summed E-state index contributed by atoms with van der Waals surface area (Å²) in [6, 6.07) is 9.21. The van der Waals surface area contributed by atoms with Crippen LogP contribution in [0.5, 0.6) is 0 Å². The minimum atomic E-state index is -1.65. The van der Waals surface area contributed by atoms with Gasteiger partial charge in [-0.2, -0.15) is 0 Å². The lowest BCUT2D eigenvalue weighted by molar-refractivity contribution is -0.0168. The number of rotatable bonds is 18. The van der Waals surface area contributed by atoms with Crippen LogP contribution < -0.4 is 0 Å². The van der Waals surface area contributed by atoms with E-state index >= 15 is 0 Å². The smallest absolute Gasteiger partial charge is 0.196 e. The standard InChI is InChI=1S/C21H50O2Si3/c1-7-15-25(16-8-2,17-9-3)22-21(13-14-24)23-26(18-10-4,19-11-5)20-12-6/h21H,7-20H2,1-6,24H3. The van der Waals surface area contributed by atoms with Gasteiger partial charge in [-0.1, -0.05) is 86.1 Å². The van der Waals surface area contributed by atoms with Crippen molar-refractivity contribution in [3.05, 3.63) is 0 Å². The molecule has 0 saturated heterocycles. The first-order valence-corrected chi connectivity index (χ1v) is 18.3. The fourth-order valence-electron chi connectivity index (χ4n) is 4.77. The Kier molecular flexibility index (Phi) is 15.8. The summed E-state index contributed by atoms with van der Waals surface area (Å²) in [6.07, 6.45) is 8.84. The van der Waals surface area contributed by atoms with Crippen LogP contribution in [0, 0.1) is 0 Å². The molecule has 26 heavy (non-hydrogen) atoms. The summed E-state index contributed by atoms with van der Waals surface area (Å²) < 4.78 is 14.1. The van der Waals surface area contributed by atoms with Crippen LogP contribution in [-0.2, 0) is 8.85 Å². The van der Waals surface area contributed by atoms with Gasteiger partial charge in [-0.05, 0) is 42.7 Å². The van der Waals surface area contributed by atoms with Gasteiger partial charge in [-0.3, -0.25) is 0 Å². The Hall–Kier alpha value is 0.571. The second kappa shape index (κ2) is 15.5. The molecule has 0 fully saturated rings. The van der Waals surface area contributed by atoms with Crippen molar-refractivity contribution in [2.24, 2.45) is 0 Å². The fraction of sp³-hybridized carbons (Fsp3) is 1.00. The molecule has 0 N–H and O–H groups in total. The fourth-order valence-corrected chi connectivity index (χ4v) is 14.5. The quantitative estimate of drug-likeness (QED) is 0.178. The molecule has 0 aromatic carbocycles. The van der Waals surface area contributed by atoms with Gasteiger partial charge < -0.3 is 8.85 Å². The molecular formula is C21H50O2Si3. The predicted molar refractivity (Wildman–Crippen MR) is 127 cm³/mol. The number of hydrogen-bond donors (Lipinski definition) is 0. The van der Waals surface area contributed by atoms with Crippen LogP contribution >= 0.6 is 0 Å². The highest BCUT2D eigenvalue weighted by Crippen LogP contribution is 2.34. The van der Waals surface area contributed by atoms with E-state index in [2.05, 4.69) is 41.5 Å². The van der Waals surface area contributed by atoms with Crippen molar-refractivity contribution in [3.63, 3.8) is 0 Å². The van der Waals surface area contributed by atoms with Crippen molar-refractivity contribution < 1.29 is 8.85 Å². The molecule has 0 amide bonds. The molecule has 0 radical (unpaired) electrons. The van der Waals surface area contributed by atoms with E-state index in [1.807, 2.05) is 0 Å². The van der Waals surface area contributed by atoms with Gasteiger partial charge in [0.25, 0.3) is 0 Å². The molecule has 0 aliphatic heterocycles. The molecule has 0 aromatic heterocycles. The SMILES string of the molecule is CCC[Si](CCC)(CCC)OC(CC[SiH3])O[Si](CCC)(CCC)CCC. The maximum absolute atomic E-state index is 7.07. The van der Waals surface area contributed by atoms with Crippen molar-refractivity contribution in [1.82, 2.24) is 0 Å². The molecule has 0 bridgehead atoms. The van der Waals surface area contributed by atoms with Crippen molar-refractivity contribution in [2.75, 3.05) is 0 Å². The largest absolute Gasteiger partial charge is 0.393 e. The third kappa shape index (κ3) is 9.67. The van der Waals surface area contributed by atoms with E-state index in [4.69, 9.17) is 8.85 Å². The molecular weight excluding hydrogens is 368 g/mol. The summed E-state index contributed by atoms with van der Waals surface area (Å²) in [5, 5.41) is 0. The van der Waals surface area contributed by atoms with Gasteiger partial charge in [0.15, 0.2) is 16.6 Å². The Morgan fingerprint density at radius 2 is 0.846 bits per heavy atom. The topological polar surface area (TPSA) is 18.5 Å². The first-order chi connectivity index (χ1) is 12.5. The van der Waals surface area contributed by atoms with E-state index < -0.39 is 16.6 Å². The lowest BCUT2D eigenvalue weighted by Gasteiger charge is -2.40. The van der Waals surface area contributed by atoms with E-state index in [1.165, 1.54) is 91.1 Å². The monoisotopic (exact) mass is 418 g/mol. The van der Waals surface area contributed by atoms with Gasteiger partial charge in [-0.25, -0.2) is 0 Å². The first kappa shape index (κ1) is 26.6. The van der Waals surface area contributed by atoms with Crippen molar-refractivity contribution in [1.29, 1.82) is 0 Å². The summed E-state index contributed by atoms with van der Waals surface area (Å²) in [6.45, 7) is 14.0. The zero-order valence-corrected chi connectivity index (χ0v) is 23.3.